The number of hydrogen-bond donors (Lipinski definition) is 4. The quantitative estimate of drug-likeness (QED) is 0.520. The molecule has 0 spiro atoms. The molecule has 0 amide bonds. The molecule has 0 bridgehead atoms. The normalized spacial score (nSPS) is 13.4. The van der Waals surface area contributed by atoms with Crippen molar-refractivity contribution in [1.82, 2.24) is 5.32 Å². The topological polar surface area (TPSA) is 145 Å². The van der Waals surface area contributed by atoms with Gasteiger partial charge in [-0.15, -0.1) is 0 Å². The van der Waals surface area contributed by atoms with Gasteiger partial charge in [-0.3, -0.25) is 4.99 Å². The van der Waals surface area contributed by atoms with E-state index in [2.05, 4.69) is 15.6 Å². The minimum Gasteiger partial charge on any atom is -0.478 e. The fraction of sp³-hybridized carbons (Fsp3) is 0.312. The number of carbonyl (C=O) groups is 2. The van der Waals surface area contributed by atoms with Crippen LogP contribution in [-0.2, 0) is 19.4 Å². The standard InChI is InChI=1S/C12H17N3O2S.C4H4O4/c1-9-3-4-11(18(2,16)17)10(7-9)15-8-12-13-5-6-14-12;5-3(6)1-2-4(7)8/h3-4,7,15H,5-6,8H2,1-2H3,(H,13,14);1-2H,(H,5,6)(H,7,8)/b;2-1+. The summed E-state index contributed by atoms with van der Waals surface area (Å²) >= 11 is 0. The molecule has 4 N–H and O–H groups in total. The van der Waals surface area contributed by atoms with Gasteiger partial charge < -0.3 is 20.8 Å². The Kier molecular flexibility index (Phi) is 7.78. The Balaban J connectivity index is 0.000000359. The third-order valence-electron chi connectivity index (χ3n) is 3.09. The molecule has 0 aromatic heterocycles. The maximum absolute atomic E-state index is 11.7. The van der Waals surface area contributed by atoms with Crippen LogP contribution >= 0.6 is 0 Å². The first kappa shape index (κ1) is 21.2. The van der Waals surface area contributed by atoms with Crippen molar-refractivity contribution in [3.05, 3.63) is 35.9 Å². The summed E-state index contributed by atoms with van der Waals surface area (Å²) in [4.78, 5) is 23.7. The van der Waals surface area contributed by atoms with Gasteiger partial charge in [0.15, 0.2) is 9.84 Å². The van der Waals surface area contributed by atoms with E-state index in [0.29, 0.717) is 29.3 Å². The zero-order valence-electron chi connectivity index (χ0n) is 14.4. The van der Waals surface area contributed by atoms with Crippen molar-refractivity contribution in [3.63, 3.8) is 0 Å². The Bertz CT molecular complexity index is 814. The summed E-state index contributed by atoms with van der Waals surface area (Å²) < 4.78 is 23.4. The summed E-state index contributed by atoms with van der Waals surface area (Å²) in [6, 6.07) is 5.27. The monoisotopic (exact) mass is 383 g/mol. The second kappa shape index (κ2) is 9.56. The molecule has 1 aliphatic rings. The first-order chi connectivity index (χ1) is 12.1. The van der Waals surface area contributed by atoms with Crippen molar-refractivity contribution in [1.29, 1.82) is 0 Å². The van der Waals surface area contributed by atoms with E-state index in [1.165, 1.54) is 6.26 Å². The first-order valence-corrected chi connectivity index (χ1v) is 9.44. The molecule has 2 rings (SSSR count). The Morgan fingerprint density at radius 2 is 1.88 bits per heavy atom. The Hall–Kier alpha value is -2.88. The van der Waals surface area contributed by atoms with E-state index in [4.69, 9.17) is 10.2 Å². The minimum atomic E-state index is -3.22. The average molecular weight is 383 g/mol. The van der Waals surface area contributed by atoms with Crippen LogP contribution in [0.5, 0.6) is 0 Å². The molecule has 0 atom stereocenters. The maximum atomic E-state index is 11.7. The van der Waals surface area contributed by atoms with Gasteiger partial charge in [-0.25, -0.2) is 18.0 Å². The van der Waals surface area contributed by atoms with Crippen molar-refractivity contribution in [3.8, 4) is 0 Å². The van der Waals surface area contributed by atoms with Gasteiger partial charge >= 0.3 is 11.9 Å². The highest BCUT2D eigenvalue weighted by molar-refractivity contribution is 7.90. The molecule has 0 saturated carbocycles. The fourth-order valence-electron chi connectivity index (χ4n) is 1.99. The predicted octanol–water partition coefficient (Wildman–Crippen LogP) is 0.524. The number of rotatable bonds is 6. The molecule has 1 aliphatic heterocycles. The molecule has 0 unspecified atom stereocenters. The number of carboxylic acid groups (broad SMARTS) is 2. The van der Waals surface area contributed by atoms with Crippen LogP contribution in [0, 0.1) is 6.92 Å². The Morgan fingerprint density at radius 3 is 2.35 bits per heavy atom. The van der Waals surface area contributed by atoms with Crippen molar-refractivity contribution >= 4 is 33.3 Å². The number of aliphatic carboxylic acids is 2. The van der Waals surface area contributed by atoms with Crippen molar-refractivity contribution in [2.45, 2.75) is 11.8 Å². The van der Waals surface area contributed by atoms with Crippen LogP contribution < -0.4 is 10.6 Å². The number of carboxylic acids is 2. The molecule has 0 fully saturated rings. The lowest BCUT2D eigenvalue weighted by Gasteiger charge is -2.12. The van der Waals surface area contributed by atoms with E-state index in [1.54, 1.807) is 12.1 Å². The summed E-state index contributed by atoms with van der Waals surface area (Å²) in [7, 11) is -3.22. The number of nitrogens with one attached hydrogen (secondary N) is 2. The summed E-state index contributed by atoms with van der Waals surface area (Å²) in [5.74, 6) is -1.64. The number of hydrogen-bond acceptors (Lipinski definition) is 7. The first-order valence-electron chi connectivity index (χ1n) is 7.55. The van der Waals surface area contributed by atoms with Gasteiger partial charge in [0.1, 0.15) is 5.84 Å². The molecular formula is C16H21N3O6S. The molecule has 0 saturated heterocycles. The van der Waals surface area contributed by atoms with Gasteiger partial charge in [0.25, 0.3) is 0 Å². The lowest BCUT2D eigenvalue weighted by molar-refractivity contribution is -0.134. The molecule has 10 heteroatoms. The van der Waals surface area contributed by atoms with Gasteiger partial charge in [-0.1, -0.05) is 6.07 Å². The van der Waals surface area contributed by atoms with Crippen LogP contribution in [0.25, 0.3) is 0 Å². The Morgan fingerprint density at radius 1 is 1.27 bits per heavy atom. The molecular weight excluding hydrogens is 362 g/mol. The van der Waals surface area contributed by atoms with Gasteiger partial charge in [0, 0.05) is 25.0 Å². The summed E-state index contributed by atoms with van der Waals surface area (Å²) in [6.45, 7) is 4.09. The molecule has 26 heavy (non-hydrogen) atoms. The molecule has 0 aliphatic carbocycles. The van der Waals surface area contributed by atoms with Gasteiger partial charge in [-0.05, 0) is 24.6 Å². The van der Waals surface area contributed by atoms with E-state index in [0.717, 1.165) is 24.5 Å². The summed E-state index contributed by atoms with van der Waals surface area (Å²) in [5, 5.41) is 21.9. The van der Waals surface area contributed by atoms with Crippen molar-refractivity contribution in [2.24, 2.45) is 4.99 Å². The molecule has 1 aromatic carbocycles. The highest BCUT2D eigenvalue weighted by Crippen LogP contribution is 2.22. The molecule has 9 nitrogen and oxygen atoms in total. The van der Waals surface area contributed by atoms with Crippen LogP contribution in [0.1, 0.15) is 5.56 Å². The number of nitrogens with zero attached hydrogens (tertiary/aromatic N) is 1. The van der Waals surface area contributed by atoms with Crippen LogP contribution in [-0.4, -0.2) is 62.3 Å². The number of aliphatic imine (C=N–C) groups is 1. The van der Waals surface area contributed by atoms with Gasteiger partial charge in [0.2, 0.25) is 0 Å². The molecule has 1 aromatic rings. The largest absolute Gasteiger partial charge is 0.478 e. The predicted molar refractivity (Wildman–Crippen MR) is 97.5 cm³/mol. The highest BCUT2D eigenvalue weighted by atomic mass is 32.2. The summed E-state index contributed by atoms with van der Waals surface area (Å²) in [5.41, 5.74) is 1.65. The number of amidine groups is 1. The average Bonchev–Trinajstić information content (AvgIpc) is 3.04. The van der Waals surface area contributed by atoms with E-state index in [-0.39, 0.29) is 0 Å². The van der Waals surface area contributed by atoms with Gasteiger partial charge in [-0.2, -0.15) is 0 Å². The zero-order valence-corrected chi connectivity index (χ0v) is 15.2. The molecule has 142 valence electrons. The number of aryl methyl sites for hydroxylation is 1. The fourth-order valence-corrected chi connectivity index (χ4v) is 2.84. The number of anilines is 1. The van der Waals surface area contributed by atoms with Crippen molar-refractivity contribution in [2.75, 3.05) is 31.2 Å². The lowest BCUT2D eigenvalue weighted by Crippen LogP contribution is -2.26. The van der Waals surface area contributed by atoms with Crippen LogP contribution in [0.2, 0.25) is 0 Å². The van der Waals surface area contributed by atoms with Crippen LogP contribution in [0.15, 0.2) is 40.2 Å². The zero-order chi connectivity index (χ0) is 19.7. The van der Waals surface area contributed by atoms with E-state index in [9.17, 15) is 18.0 Å². The minimum absolute atomic E-state index is 0.326. The van der Waals surface area contributed by atoms with Gasteiger partial charge in [0.05, 0.1) is 23.7 Å². The third kappa shape index (κ3) is 7.79. The van der Waals surface area contributed by atoms with E-state index < -0.39 is 21.8 Å². The molecule has 0 radical (unpaired) electrons. The highest BCUT2D eigenvalue weighted by Gasteiger charge is 2.14. The summed E-state index contributed by atoms with van der Waals surface area (Å²) in [6.07, 6.45) is 2.33. The number of benzene rings is 1. The maximum Gasteiger partial charge on any atom is 0.328 e. The third-order valence-corrected chi connectivity index (χ3v) is 4.25. The molecule has 1 heterocycles. The van der Waals surface area contributed by atoms with Crippen molar-refractivity contribution < 1.29 is 28.2 Å². The number of sulfone groups is 1. The Labute approximate surface area is 151 Å². The van der Waals surface area contributed by atoms with E-state index in [1.807, 2.05) is 13.0 Å². The second-order valence-electron chi connectivity index (χ2n) is 5.39. The smallest absolute Gasteiger partial charge is 0.328 e. The SMILES string of the molecule is Cc1ccc(S(C)(=O)=O)c(NCC2=NCCN2)c1.O=C(O)/C=C/C(=O)O. The van der Waals surface area contributed by atoms with Crippen LogP contribution in [0.4, 0.5) is 5.69 Å². The van der Waals surface area contributed by atoms with E-state index >= 15 is 0 Å². The second-order valence-corrected chi connectivity index (χ2v) is 7.37. The van der Waals surface area contributed by atoms with Crippen LogP contribution in [0.3, 0.4) is 0 Å². The lowest BCUT2D eigenvalue weighted by atomic mass is 10.2.